The summed E-state index contributed by atoms with van der Waals surface area (Å²) in [6.45, 7) is 0.528. The molecule has 0 aliphatic rings. The van der Waals surface area contributed by atoms with E-state index < -0.39 is 4.92 Å². The van der Waals surface area contributed by atoms with Crippen molar-refractivity contribution in [3.63, 3.8) is 0 Å². The van der Waals surface area contributed by atoms with Crippen LogP contribution in [0, 0.1) is 10.1 Å². The highest BCUT2D eigenvalue weighted by atomic mass is 16.6. The topological polar surface area (TPSA) is 107 Å². The lowest BCUT2D eigenvalue weighted by Crippen LogP contribution is -2.31. The van der Waals surface area contributed by atoms with Crippen LogP contribution in [0.5, 0.6) is 0 Å². The molecular weight excluding hydrogens is 288 g/mol. The van der Waals surface area contributed by atoms with Crippen LogP contribution in [0.2, 0.25) is 0 Å². The van der Waals surface area contributed by atoms with Gasteiger partial charge < -0.3 is 5.32 Å². The summed E-state index contributed by atoms with van der Waals surface area (Å²) < 4.78 is 1.37. The zero-order valence-electron chi connectivity index (χ0n) is 11.6. The van der Waals surface area contributed by atoms with Crippen LogP contribution >= 0.6 is 0 Å². The molecule has 114 valence electrons. The molecule has 1 amide bonds. The molecule has 1 heterocycles. The van der Waals surface area contributed by atoms with Crippen molar-refractivity contribution in [2.24, 2.45) is 0 Å². The van der Waals surface area contributed by atoms with Crippen molar-refractivity contribution in [1.29, 1.82) is 0 Å². The molecule has 1 aromatic carbocycles. The highest BCUT2D eigenvalue weighted by molar-refractivity contribution is 5.79. The van der Waals surface area contributed by atoms with Crippen LogP contribution in [0.1, 0.15) is 5.56 Å². The Morgan fingerprint density at radius 2 is 2.09 bits per heavy atom. The number of hydrogen-bond acceptors (Lipinski definition) is 5. The van der Waals surface area contributed by atoms with Gasteiger partial charge in [-0.2, -0.15) is 0 Å². The Morgan fingerprint density at radius 1 is 1.32 bits per heavy atom. The molecule has 0 aliphatic heterocycles. The fraction of sp³-hybridized carbons (Fsp3) is 0.214. The van der Waals surface area contributed by atoms with E-state index in [-0.39, 0.29) is 36.7 Å². The van der Waals surface area contributed by atoms with Crippen LogP contribution in [0.4, 0.5) is 5.69 Å². The molecule has 0 radical (unpaired) electrons. The van der Waals surface area contributed by atoms with Crippen LogP contribution in [0.15, 0.2) is 47.7 Å². The van der Waals surface area contributed by atoms with Gasteiger partial charge in [0.1, 0.15) is 0 Å². The fourth-order valence-corrected chi connectivity index (χ4v) is 1.94. The van der Waals surface area contributed by atoms with Crippen LogP contribution in [0.3, 0.4) is 0 Å². The van der Waals surface area contributed by atoms with Crippen LogP contribution in [0.25, 0.3) is 0 Å². The first-order valence-electron chi connectivity index (χ1n) is 6.57. The van der Waals surface area contributed by atoms with E-state index in [0.717, 1.165) is 0 Å². The molecule has 0 aliphatic carbocycles. The normalized spacial score (nSPS) is 10.2. The lowest BCUT2D eigenvalue weighted by molar-refractivity contribution is -0.385. The van der Waals surface area contributed by atoms with E-state index in [1.807, 2.05) is 0 Å². The van der Waals surface area contributed by atoms with Crippen molar-refractivity contribution >= 4 is 11.6 Å². The van der Waals surface area contributed by atoms with Gasteiger partial charge in [-0.3, -0.25) is 24.3 Å². The summed E-state index contributed by atoms with van der Waals surface area (Å²) in [5, 5.41) is 13.5. The Kier molecular flexibility index (Phi) is 4.97. The molecule has 0 atom stereocenters. The quantitative estimate of drug-likeness (QED) is 0.618. The first-order valence-corrected chi connectivity index (χ1v) is 6.57. The summed E-state index contributed by atoms with van der Waals surface area (Å²) in [6, 6.07) is 7.43. The molecule has 8 heteroatoms. The molecule has 1 N–H and O–H groups in total. The SMILES string of the molecule is O=C(Cc1ccccc1[N+](=O)[O-])NCCn1cnccc1=O. The summed E-state index contributed by atoms with van der Waals surface area (Å²) in [5.74, 6) is -0.341. The van der Waals surface area contributed by atoms with Gasteiger partial charge in [-0.05, 0) is 0 Å². The van der Waals surface area contributed by atoms with Gasteiger partial charge in [0.25, 0.3) is 11.2 Å². The summed E-state index contributed by atoms with van der Waals surface area (Å²) in [5.41, 5.74) is 0.0626. The first kappa shape index (κ1) is 15.4. The molecule has 0 saturated carbocycles. The van der Waals surface area contributed by atoms with Crippen molar-refractivity contribution in [1.82, 2.24) is 14.9 Å². The average molecular weight is 302 g/mol. The largest absolute Gasteiger partial charge is 0.354 e. The van der Waals surface area contributed by atoms with Gasteiger partial charge in [0, 0.05) is 37.0 Å². The van der Waals surface area contributed by atoms with Gasteiger partial charge in [0.2, 0.25) is 5.91 Å². The number of benzene rings is 1. The van der Waals surface area contributed by atoms with E-state index >= 15 is 0 Å². The third-order valence-corrected chi connectivity index (χ3v) is 3.01. The van der Waals surface area contributed by atoms with Crippen LogP contribution in [-0.4, -0.2) is 26.9 Å². The van der Waals surface area contributed by atoms with E-state index in [1.54, 1.807) is 18.2 Å². The number of nitrogens with one attached hydrogen (secondary N) is 1. The molecule has 0 saturated heterocycles. The van der Waals surface area contributed by atoms with Gasteiger partial charge in [0.15, 0.2) is 0 Å². The highest BCUT2D eigenvalue weighted by Crippen LogP contribution is 2.17. The number of nitro groups is 1. The number of carbonyl (C=O) groups is 1. The number of aromatic nitrogens is 2. The average Bonchev–Trinajstić information content (AvgIpc) is 2.49. The zero-order valence-corrected chi connectivity index (χ0v) is 11.6. The highest BCUT2D eigenvalue weighted by Gasteiger charge is 2.15. The molecule has 0 unspecified atom stereocenters. The standard InChI is InChI=1S/C14H14N4O4/c19-13(9-11-3-1-2-4-12(11)18(21)22)16-7-8-17-10-15-6-5-14(17)20/h1-6,10H,7-9H2,(H,16,19). The Morgan fingerprint density at radius 3 is 2.82 bits per heavy atom. The summed E-state index contributed by atoms with van der Waals surface area (Å²) in [6.07, 6.45) is 2.70. The molecule has 0 bridgehead atoms. The third-order valence-electron chi connectivity index (χ3n) is 3.01. The van der Waals surface area contributed by atoms with Crippen molar-refractivity contribution in [2.75, 3.05) is 6.54 Å². The molecule has 0 fully saturated rings. The minimum Gasteiger partial charge on any atom is -0.354 e. The van der Waals surface area contributed by atoms with Crippen LogP contribution in [-0.2, 0) is 17.8 Å². The Bertz CT molecular complexity index is 741. The fourth-order valence-electron chi connectivity index (χ4n) is 1.94. The summed E-state index contributed by atoms with van der Waals surface area (Å²) in [7, 11) is 0. The summed E-state index contributed by atoms with van der Waals surface area (Å²) >= 11 is 0. The van der Waals surface area contributed by atoms with Crippen molar-refractivity contribution in [2.45, 2.75) is 13.0 Å². The van der Waals surface area contributed by atoms with Crippen LogP contribution < -0.4 is 10.9 Å². The smallest absolute Gasteiger partial charge is 0.273 e. The third kappa shape index (κ3) is 3.98. The second kappa shape index (κ2) is 7.11. The number of rotatable bonds is 6. The van der Waals surface area contributed by atoms with Crippen molar-refractivity contribution in [3.05, 3.63) is 68.9 Å². The van der Waals surface area contributed by atoms with Crippen molar-refractivity contribution in [3.8, 4) is 0 Å². The Hall–Kier alpha value is -3.03. The molecule has 8 nitrogen and oxygen atoms in total. The minimum absolute atomic E-state index is 0.0823. The predicted octanol–water partition coefficient (Wildman–Crippen LogP) is 0.510. The van der Waals surface area contributed by atoms with Gasteiger partial charge in [-0.25, -0.2) is 4.98 Å². The maximum Gasteiger partial charge on any atom is 0.273 e. The molecule has 22 heavy (non-hydrogen) atoms. The number of hydrogen-bond donors (Lipinski definition) is 1. The second-order valence-corrected chi connectivity index (χ2v) is 4.52. The molecule has 2 aromatic rings. The molecule has 0 spiro atoms. The Labute approximate surface area is 125 Å². The summed E-state index contributed by atoms with van der Waals surface area (Å²) in [4.78, 5) is 37.4. The first-order chi connectivity index (χ1) is 10.6. The number of amides is 1. The monoisotopic (exact) mass is 302 g/mol. The van der Waals surface area contributed by atoms with E-state index in [1.165, 1.54) is 29.2 Å². The predicted molar refractivity (Wildman–Crippen MR) is 78.3 cm³/mol. The van der Waals surface area contributed by atoms with Gasteiger partial charge in [-0.15, -0.1) is 0 Å². The van der Waals surface area contributed by atoms with E-state index in [2.05, 4.69) is 10.3 Å². The van der Waals surface area contributed by atoms with E-state index in [9.17, 15) is 19.7 Å². The maximum absolute atomic E-state index is 11.8. The van der Waals surface area contributed by atoms with Gasteiger partial charge in [0.05, 0.1) is 17.7 Å². The number of nitro benzene ring substituents is 1. The number of para-hydroxylation sites is 1. The molecule has 2 rings (SSSR count). The van der Waals surface area contributed by atoms with Crippen molar-refractivity contribution < 1.29 is 9.72 Å². The van der Waals surface area contributed by atoms with E-state index in [0.29, 0.717) is 5.56 Å². The van der Waals surface area contributed by atoms with Gasteiger partial charge >= 0.3 is 0 Å². The van der Waals surface area contributed by atoms with Gasteiger partial charge in [-0.1, -0.05) is 18.2 Å². The number of nitrogens with zero attached hydrogens (tertiary/aromatic N) is 3. The lowest BCUT2D eigenvalue weighted by Gasteiger charge is -2.07. The zero-order chi connectivity index (χ0) is 15.9. The minimum atomic E-state index is -0.516. The number of carbonyl (C=O) groups excluding carboxylic acids is 1. The van der Waals surface area contributed by atoms with E-state index in [4.69, 9.17) is 0 Å². The second-order valence-electron chi connectivity index (χ2n) is 4.52. The maximum atomic E-state index is 11.8. The lowest BCUT2D eigenvalue weighted by atomic mass is 10.1. The molecule has 1 aromatic heterocycles. The Balaban J connectivity index is 1.90. The molecular formula is C14H14N4O4.